The summed E-state index contributed by atoms with van der Waals surface area (Å²) in [5, 5.41) is 37.1. The summed E-state index contributed by atoms with van der Waals surface area (Å²) in [5.41, 5.74) is 6.47. The molecule has 1 unspecified atom stereocenters. The fourth-order valence-corrected chi connectivity index (χ4v) is 2.43. The van der Waals surface area contributed by atoms with Gasteiger partial charge in [-0.15, -0.1) is 5.11 Å². The topological polar surface area (TPSA) is 164 Å². The van der Waals surface area contributed by atoms with Crippen LogP contribution >= 0.6 is 0 Å². The molecule has 1 aliphatic rings. The largest absolute Gasteiger partial charge is 0.394 e. The van der Waals surface area contributed by atoms with Crippen molar-refractivity contribution in [2.75, 3.05) is 12.3 Å². The summed E-state index contributed by atoms with van der Waals surface area (Å²) in [5.74, 6) is 0.172. The number of nitrogens with zero attached hydrogens (tertiary/aromatic N) is 6. The molecule has 3 rings (SSSR count). The van der Waals surface area contributed by atoms with Crippen LogP contribution in [0.25, 0.3) is 11.2 Å². The van der Waals surface area contributed by atoms with Crippen LogP contribution in [0.5, 0.6) is 0 Å². The number of aromatic nitrogens is 4. The Morgan fingerprint density at radius 3 is 2.71 bits per heavy atom. The highest BCUT2D eigenvalue weighted by Gasteiger charge is 2.44. The Bertz CT molecular complexity index is 762. The second-order valence-electron chi connectivity index (χ2n) is 5.77. The molecule has 130 valence electrons. The van der Waals surface area contributed by atoms with Crippen LogP contribution in [0.15, 0.2) is 16.6 Å². The van der Waals surface area contributed by atoms with E-state index in [2.05, 4.69) is 25.2 Å². The van der Waals surface area contributed by atoms with Crippen molar-refractivity contribution in [3.05, 3.63) is 6.33 Å². The number of anilines is 1. The summed E-state index contributed by atoms with van der Waals surface area (Å²) >= 11 is 0. The van der Waals surface area contributed by atoms with Crippen molar-refractivity contribution in [3.63, 3.8) is 0 Å². The first-order chi connectivity index (χ1) is 11.4. The van der Waals surface area contributed by atoms with Gasteiger partial charge < -0.3 is 25.8 Å². The third kappa shape index (κ3) is 2.82. The first kappa shape index (κ1) is 16.6. The van der Waals surface area contributed by atoms with E-state index in [1.54, 1.807) is 0 Å². The third-order valence-corrected chi connectivity index (χ3v) is 3.61. The summed E-state index contributed by atoms with van der Waals surface area (Å²) in [6, 6.07) is -0.0316. The van der Waals surface area contributed by atoms with Crippen LogP contribution in [0.2, 0.25) is 0 Å². The minimum atomic E-state index is -1.25. The molecule has 0 aliphatic carbocycles. The molecule has 3 heterocycles. The van der Waals surface area contributed by atoms with Crippen LogP contribution in [0, 0.1) is 0 Å². The molecular weight excluding hydrogens is 318 g/mol. The fraction of sp³-hybridized carbons (Fsp3) is 0.615. The standard InChI is InChI=1S/C13H19N7O4/c1-5(2)18-19-13-16-10(14)7-11(17-13)20(4-15-7)12-9(23)8(22)6(3-21)24-12/h4-6,8-9,12,21-23H,3H2,1-2H3,(H2,14,16,17)/t6-,8-,9-,12?/m1/s1. The average Bonchev–Trinajstić information content (AvgIpc) is 3.08. The van der Waals surface area contributed by atoms with Crippen LogP contribution in [0.1, 0.15) is 20.1 Å². The normalized spacial score (nSPS) is 27.8. The van der Waals surface area contributed by atoms with Gasteiger partial charge in [-0.1, -0.05) is 0 Å². The Labute approximate surface area is 136 Å². The SMILES string of the molecule is CC(C)N=Nc1nc(N)c2ncn(C3O[C@H](CO)[C@@H](O)[C@H]3O)c2n1. The number of nitrogen functional groups attached to an aromatic ring is 1. The van der Waals surface area contributed by atoms with Crippen molar-refractivity contribution in [2.24, 2.45) is 10.2 Å². The quantitative estimate of drug-likeness (QED) is 0.543. The van der Waals surface area contributed by atoms with E-state index in [1.807, 2.05) is 13.8 Å². The number of fused-ring (bicyclic) bond motifs is 1. The van der Waals surface area contributed by atoms with Gasteiger partial charge in [0.1, 0.15) is 23.8 Å². The van der Waals surface area contributed by atoms with E-state index in [9.17, 15) is 15.3 Å². The minimum absolute atomic E-state index is 0.0316. The summed E-state index contributed by atoms with van der Waals surface area (Å²) in [7, 11) is 0. The molecule has 5 N–H and O–H groups in total. The molecule has 4 atom stereocenters. The van der Waals surface area contributed by atoms with Crippen molar-refractivity contribution in [3.8, 4) is 0 Å². The van der Waals surface area contributed by atoms with Crippen LogP contribution in [0.3, 0.4) is 0 Å². The molecule has 24 heavy (non-hydrogen) atoms. The van der Waals surface area contributed by atoms with E-state index in [0.717, 1.165) is 0 Å². The maximum absolute atomic E-state index is 10.2. The minimum Gasteiger partial charge on any atom is -0.394 e. The molecule has 1 aliphatic heterocycles. The number of hydrogen-bond donors (Lipinski definition) is 4. The van der Waals surface area contributed by atoms with Crippen molar-refractivity contribution >= 4 is 22.9 Å². The Hall–Kier alpha value is -2.21. The molecule has 1 saturated heterocycles. The second-order valence-corrected chi connectivity index (χ2v) is 5.77. The molecular formula is C13H19N7O4. The summed E-state index contributed by atoms with van der Waals surface area (Å²) < 4.78 is 6.91. The number of rotatable bonds is 4. The van der Waals surface area contributed by atoms with Crippen molar-refractivity contribution in [1.29, 1.82) is 0 Å². The molecule has 0 bridgehead atoms. The van der Waals surface area contributed by atoms with E-state index < -0.39 is 31.1 Å². The van der Waals surface area contributed by atoms with E-state index >= 15 is 0 Å². The Balaban J connectivity index is 2.03. The van der Waals surface area contributed by atoms with Crippen molar-refractivity contribution < 1.29 is 20.1 Å². The zero-order valence-corrected chi connectivity index (χ0v) is 13.2. The number of azo groups is 1. The fourth-order valence-electron chi connectivity index (χ4n) is 2.43. The van der Waals surface area contributed by atoms with Gasteiger partial charge in [0.15, 0.2) is 17.7 Å². The predicted octanol–water partition coefficient (Wildman–Crippen LogP) is -0.488. The maximum Gasteiger partial charge on any atom is 0.272 e. The number of aliphatic hydroxyl groups excluding tert-OH is 3. The molecule has 0 saturated carbocycles. The van der Waals surface area contributed by atoms with Gasteiger partial charge in [-0.2, -0.15) is 15.1 Å². The highest BCUT2D eigenvalue weighted by molar-refractivity contribution is 5.82. The van der Waals surface area contributed by atoms with Crippen molar-refractivity contribution in [2.45, 2.75) is 44.4 Å². The van der Waals surface area contributed by atoms with E-state index in [-0.39, 0.29) is 23.5 Å². The average molecular weight is 337 g/mol. The number of imidazole rings is 1. The lowest BCUT2D eigenvalue weighted by Crippen LogP contribution is -2.33. The monoisotopic (exact) mass is 337 g/mol. The van der Waals surface area contributed by atoms with E-state index in [1.165, 1.54) is 10.9 Å². The maximum atomic E-state index is 10.2. The summed E-state index contributed by atoms with van der Waals surface area (Å²) in [6.45, 7) is 3.29. The molecule has 11 heteroatoms. The van der Waals surface area contributed by atoms with Gasteiger partial charge in [0.2, 0.25) is 0 Å². The molecule has 0 aromatic carbocycles. The third-order valence-electron chi connectivity index (χ3n) is 3.61. The van der Waals surface area contributed by atoms with Gasteiger partial charge >= 0.3 is 0 Å². The van der Waals surface area contributed by atoms with Gasteiger partial charge in [-0.05, 0) is 13.8 Å². The number of nitrogens with two attached hydrogens (primary N) is 1. The smallest absolute Gasteiger partial charge is 0.272 e. The van der Waals surface area contributed by atoms with Crippen LogP contribution < -0.4 is 5.73 Å². The zero-order chi connectivity index (χ0) is 17.4. The zero-order valence-electron chi connectivity index (χ0n) is 13.2. The molecule has 0 amide bonds. The lowest BCUT2D eigenvalue weighted by atomic mass is 10.1. The molecule has 2 aromatic heterocycles. The lowest BCUT2D eigenvalue weighted by Gasteiger charge is -2.16. The van der Waals surface area contributed by atoms with Crippen LogP contribution in [-0.4, -0.2) is 65.8 Å². The van der Waals surface area contributed by atoms with Gasteiger partial charge in [0.05, 0.1) is 19.0 Å². The molecule has 0 spiro atoms. The van der Waals surface area contributed by atoms with Gasteiger partial charge in [0.25, 0.3) is 5.95 Å². The number of hydrogen-bond acceptors (Lipinski definition) is 10. The van der Waals surface area contributed by atoms with Gasteiger partial charge in [-0.3, -0.25) is 4.57 Å². The summed E-state index contributed by atoms with van der Waals surface area (Å²) in [6.07, 6.45) is -2.97. The highest BCUT2D eigenvalue weighted by atomic mass is 16.6. The van der Waals surface area contributed by atoms with Crippen LogP contribution in [-0.2, 0) is 4.74 Å². The molecule has 1 fully saturated rings. The second kappa shape index (κ2) is 6.36. The summed E-state index contributed by atoms with van der Waals surface area (Å²) in [4.78, 5) is 12.4. The predicted molar refractivity (Wildman–Crippen MR) is 82.4 cm³/mol. The first-order valence-electron chi connectivity index (χ1n) is 7.45. The first-order valence-corrected chi connectivity index (χ1v) is 7.45. The Morgan fingerprint density at radius 1 is 1.33 bits per heavy atom. The van der Waals surface area contributed by atoms with Gasteiger partial charge in [0, 0.05) is 0 Å². The number of aliphatic hydroxyl groups is 3. The van der Waals surface area contributed by atoms with E-state index in [4.69, 9.17) is 10.5 Å². The highest BCUT2D eigenvalue weighted by Crippen LogP contribution is 2.32. The molecule has 0 radical (unpaired) electrons. The Kier molecular flexibility index (Phi) is 4.41. The van der Waals surface area contributed by atoms with Gasteiger partial charge in [-0.25, -0.2) is 4.98 Å². The number of ether oxygens (including phenoxy) is 1. The van der Waals surface area contributed by atoms with Crippen molar-refractivity contribution in [1.82, 2.24) is 19.5 Å². The Morgan fingerprint density at radius 2 is 2.08 bits per heavy atom. The van der Waals surface area contributed by atoms with Crippen LogP contribution in [0.4, 0.5) is 11.8 Å². The molecule has 2 aromatic rings. The lowest BCUT2D eigenvalue weighted by molar-refractivity contribution is -0.0511. The van der Waals surface area contributed by atoms with E-state index in [0.29, 0.717) is 5.52 Å². The molecule has 11 nitrogen and oxygen atoms in total.